The van der Waals surface area contributed by atoms with Crippen molar-refractivity contribution >= 4 is 28.3 Å². The maximum absolute atomic E-state index is 10.4. The zero-order valence-corrected chi connectivity index (χ0v) is 15.7. The molecule has 0 amide bonds. The summed E-state index contributed by atoms with van der Waals surface area (Å²) in [5.41, 5.74) is 5.58. The van der Waals surface area contributed by atoms with Gasteiger partial charge in [0.15, 0.2) is 5.69 Å². The number of imidazole rings is 1. The lowest BCUT2D eigenvalue weighted by molar-refractivity contribution is -0.510. The first kappa shape index (κ1) is 20.1. The molecule has 0 aliphatic heterocycles. The van der Waals surface area contributed by atoms with E-state index in [9.17, 15) is 13.0 Å². The van der Waals surface area contributed by atoms with Gasteiger partial charge in [-0.25, -0.2) is 17.4 Å². The van der Waals surface area contributed by atoms with Crippen LogP contribution in [0.3, 0.4) is 0 Å². The van der Waals surface area contributed by atoms with E-state index >= 15 is 0 Å². The normalized spacial score (nSPS) is 11.7. The number of benzene rings is 1. The molecule has 9 nitrogen and oxygen atoms in total. The molecule has 0 atom stereocenters. The third-order valence-corrected chi connectivity index (χ3v) is 4.43. The maximum atomic E-state index is 10.4. The predicted octanol–water partition coefficient (Wildman–Crippen LogP) is 0.488. The van der Waals surface area contributed by atoms with E-state index in [1.54, 1.807) is 18.3 Å². The van der Waals surface area contributed by atoms with Crippen LogP contribution in [-0.2, 0) is 17.2 Å². The molecule has 3 aromatic rings. The highest BCUT2D eigenvalue weighted by Gasteiger charge is 2.10. The molecule has 2 aromatic heterocycles. The summed E-state index contributed by atoms with van der Waals surface area (Å²) in [5.74, 6) is 4.92. The molecule has 3 rings (SSSR count). The molecule has 0 radical (unpaired) electrons. The Bertz CT molecular complexity index is 1060. The van der Waals surface area contributed by atoms with Gasteiger partial charge in [-0.2, -0.15) is 10.2 Å². The highest BCUT2D eigenvalue weighted by atomic mass is 32.2. The van der Waals surface area contributed by atoms with Crippen molar-refractivity contribution in [3.8, 4) is 0 Å². The second kappa shape index (κ2) is 8.92. The van der Waals surface area contributed by atoms with Crippen molar-refractivity contribution < 1.29 is 17.4 Å². The molecule has 0 unspecified atom stereocenters. The van der Waals surface area contributed by atoms with Crippen LogP contribution < -0.4 is 15.7 Å². The highest BCUT2D eigenvalue weighted by molar-refractivity contribution is 7.85. The number of nitrogens with two attached hydrogens (primary N) is 1. The molecule has 1 aromatic carbocycles. The number of hydrogen-bond acceptors (Lipinski definition) is 6. The zero-order chi connectivity index (χ0) is 19.9. The molecule has 0 aliphatic rings. The fourth-order valence-corrected chi connectivity index (χ4v) is 2.67. The molecule has 0 saturated heterocycles. The Kier molecular flexibility index (Phi) is 6.63. The zero-order valence-electron chi connectivity index (χ0n) is 14.9. The lowest BCUT2D eigenvalue weighted by atomic mass is 10.2. The van der Waals surface area contributed by atoms with Crippen molar-refractivity contribution in [3.05, 3.63) is 66.1 Å². The fraction of sp³-hybridized carbons (Fsp3) is 0.118. The molecule has 0 spiro atoms. The number of aryl methyl sites for hydroxylation is 2. The van der Waals surface area contributed by atoms with Gasteiger partial charge in [-0.1, -0.05) is 23.8 Å². The van der Waals surface area contributed by atoms with E-state index in [0.717, 1.165) is 16.9 Å². The first-order valence-corrected chi connectivity index (χ1v) is 9.22. The molecule has 0 fully saturated rings. The molecular formula is C17H20N6O3S. The van der Waals surface area contributed by atoms with Crippen LogP contribution in [0.15, 0.2) is 70.0 Å². The van der Waals surface area contributed by atoms with Crippen molar-refractivity contribution in [2.45, 2.75) is 11.8 Å². The van der Waals surface area contributed by atoms with Gasteiger partial charge >= 0.3 is 0 Å². The Labute approximate surface area is 157 Å². The summed E-state index contributed by atoms with van der Waals surface area (Å²) < 4.78 is 35.2. The van der Waals surface area contributed by atoms with Gasteiger partial charge in [0, 0.05) is 6.07 Å². The van der Waals surface area contributed by atoms with Gasteiger partial charge in [-0.3, -0.25) is 5.43 Å². The standard InChI is InChI=1S/C10H13N6.C7H8O3S/c1-15-9(6-13-14-8-12-11)7-16-5-3-2-4-10(15)16;1-6-2-4-7(5-3-6)11(8,9)10/h2-8H,11H2,1H3,(H,12,14);2-5H,1H3,(H,8,9,10)/q+1;/p-1. The number of pyridine rings is 1. The van der Waals surface area contributed by atoms with E-state index < -0.39 is 10.1 Å². The van der Waals surface area contributed by atoms with Crippen LogP contribution in [0.5, 0.6) is 0 Å². The molecule has 3 N–H and O–H groups in total. The summed E-state index contributed by atoms with van der Waals surface area (Å²) in [5, 5.41) is 7.22. The predicted molar refractivity (Wildman–Crippen MR) is 101 cm³/mol. The number of hydrogen-bond donors (Lipinski definition) is 2. The van der Waals surface area contributed by atoms with E-state index in [4.69, 9.17) is 5.84 Å². The minimum atomic E-state index is -4.27. The summed E-state index contributed by atoms with van der Waals surface area (Å²) in [7, 11) is -2.29. The third-order valence-electron chi connectivity index (χ3n) is 3.58. The SMILES string of the molecule is Cc1ccc(S(=O)(=O)[O-])cc1.Cn1c(C=NNC=NN)c[n+]2ccccc12. The minimum absolute atomic E-state index is 0.178. The average molecular weight is 388 g/mol. The summed E-state index contributed by atoms with van der Waals surface area (Å²) in [4.78, 5) is -0.178. The summed E-state index contributed by atoms with van der Waals surface area (Å²) in [6, 6.07) is 11.8. The fourth-order valence-electron chi connectivity index (χ4n) is 2.20. The molecule has 0 saturated carbocycles. The number of nitrogens with zero attached hydrogens (tertiary/aromatic N) is 4. The molecule has 0 aliphatic carbocycles. The van der Waals surface area contributed by atoms with E-state index in [1.165, 1.54) is 18.5 Å². The van der Waals surface area contributed by atoms with Crippen molar-refractivity contribution in [2.24, 2.45) is 23.1 Å². The summed E-state index contributed by atoms with van der Waals surface area (Å²) >= 11 is 0. The number of hydrazone groups is 2. The number of aromatic nitrogens is 2. The summed E-state index contributed by atoms with van der Waals surface area (Å²) in [6.07, 6.45) is 6.99. The van der Waals surface area contributed by atoms with E-state index in [-0.39, 0.29) is 4.90 Å². The van der Waals surface area contributed by atoms with Crippen LogP contribution in [0.2, 0.25) is 0 Å². The molecule has 27 heavy (non-hydrogen) atoms. The lowest BCUT2D eigenvalue weighted by Crippen LogP contribution is -2.17. The second-order valence-corrected chi connectivity index (χ2v) is 6.89. The first-order valence-electron chi connectivity index (χ1n) is 7.81. The molecule has 142 valence electrons. The number of rotatable bonds is 4. The van der Waals surface area contributed by atoms with Gasteiger partial charge in [0.1, 0.15) is 22.7 Å². The van der Waals surface area contributed by atoms with Crippen molar-refractivity contribution in [3.63, 3.8) is 0 Å². The Balaban J connectivity index is 0.000000208. The van der Waals surface area contributed by atoms with E-state index in [1.807, 2.05) is 53.5 Å². The van der Waals surface area contributed by atoms with Gasteiger partial charge in [-0.05, 0) is 25.1 Å². The van der Waals surface area contributed by atoms with Crippen molar-refractivity contribution in [2.75, 3.05) is 0 Å². The number of fused-ring (bicyclic) bond motifs is 1. The smallest absolute Gasteiger partial charge is 0.286 e. The highest BCUT2D eigenvalue weighted by Crippen LogP contribution is 2.08. The Hall–Kier alpha value is -3.24. The number of nitrogens with one attached hydrogen (secondary N) is 1. The average Bonchev–Trinajstić information content (AvgIpc) is 2.95. The molecule has 0 bridgehead atoms. The Morgan fingerprint density at radius 3 is 2.52 bits per heavy atom. The van der Waals surface area contributed by atoms with Crippen LogP contribution in [-0.4, -0.2) is 30.1 Å². The summed E-state index contributed by atoms with van der Waals surface area (Å²) in [6.45, 7) is 1.82. The van der Waals surface area contributed by atoms with E-state index in [2.05, 4.69) is 15.6 Å². The lowest BCUT2D eigenvalue weighted by Gasteiger charge is -2.05. The molecular weight excluding hydrogens is 368 g/mol. The van der Waals surface area contributed by atoms with E-state index in [0.29, 0.717) is 0 Å². The Morgan fingerprint density at radius 1 is 1.22 bits per heavy atom. The first-order chi connectivity index (χ1) is 12.8. The van der Waals surface area contributed by atoms with Crippen molar-refractivity contribution in [1.29, 1.82) is 0 Å². The minimum Gasteiger partial charge on any atom is -0.744 e. The van der Waals surface area contributed by atoms with Gasteiger partial charge in [-0.15, -0.1) is 0 Å². The second-order valence-electron chi connectivity index (χ2n) is 5.51. The van der Waals surface area contributed by atoms with Crippen molar-refractivity contribution in [1.82, 2.24) is 9.99 Å². The monoisotopic (exact) mass is 388 g/mol. The van der Waals surface area contributed by atoms with Gasteiger partial charge in [0.05, 0.1) is 24.4 Å². The van der Waals surface area contributed by atoms with Crippen LogP contribution in [0.4, 0.5) is 0 Å². The van der Waals surface area contributed by atoms with Crippen LogP contribution >= 0.6 is 0 Å². The van der Waals surface area contributed by atoms with Crippen LogP contribution in [0.1, 0.15) is 11.3 Å². The van der Waals surface area contributed by atoms with Gasteiger partial charge in [0.2, 0.25) is 0 Å². The largest absolute Gasteiger partial charge is 0.744 e. The Morgan fingerprint density at radius 2 is 1.93 bits per heavy atom. The van der Waals surface area contributed by atoms with Crippen LogP contribution in [0.25, 0.3) is 5.65 Å². The third kappa shape index (κ3) is 5.62. The van der Waals surface area contributed by atoms with Crippen LogP contribution in [0, 0.1) is 6.92 Å². The van der Waals surface area contributed by atoms with Gasteiger partial charge in [0.25, 0.3) is 5.65 Å². The topological polar surface area (TPSA) is 129 Å². The van der Waals surface area contributed by atoms with Gasteiger partial charge < -0.3 is 10.4 Å². The molecule has 10 heteroatoms. The maximum Gasteiger partial charge on any atom is 0.286 e. The molecule has 2 heterocycles. The quantitative estimate of drug-likeness (QED) is 0.168.